The second kappa shape index (κ2) is 7.02. The molecule has 0 bridgehead atoms. The first-order valence-electron chi connectivity index (χ1n) is 7.26. The molecule has 3 aromatic rings. The molecule has 3 rings (SSSR count). The van der Waals surface area contributed by atoms with E-state index in [0.717, 1.165) is 17.8 Å². The summed E-state index contributed by atoms with van der Waals surface area (Å²) in [5, 5.41) is 11.1. The van der Waals surface area contributed by atoms with Crippen LogP contribution in [0.3, 0.4) is 0 Å². The van der Waals surface area contributed by atoms with Crippen molar-refractivity contribution in [1.29, 1.82) is 0 Å². The summed E-state index contributed by atoms with van der Waals surface area (Å²) < 4.78 is 22.9. The van der Waals surface area contributed by atoms with Gasteiger partial charge >= 0.3 is 0 Å². The smallest absolute Gasteiger partial charge is 0.249 e. The van der Waals surface area contributed by atoms with Crippen LogP contribution in [0.5, 0.6) is 0 Å². The zero-order chi connectivity index (χ0) is 17.2. The number of aryl methyl sites for hydroxylation is 1. The average Bonchev–Trinajstić information content (AvgIpc) is 3.16. The molecule has 0 saturated heterocycles. The first-order valence-corrected chi connectivity index (χ1v) is 10.5. The maximum atomic E-state index is 11.4. The molecule has 0 aliphatic rings. The van der Waals surface area contributed by atoms with Crippen LogP contribution in [-0.4, -0.2) is 13.4 Å². The molecular formula is C16H17N3O2S3. The zero-order valence-electron chi connectivity index (χ0n) is 13.0. The summed E-state index contributed by atoms with van der Waals surface area (Å²) in [6, 6.07) is 12.3. The second-order valence-electron chi connectivity index (χ2n) is 5.38. The second-order valence-corrected chi connectivity index (χ2v) is 9.15. The Labute approximate surface area is 149 Å². The van der Waals surface area contributed by atoms with E-state index in [0.29, 0.717) is 5.13 Å². The maximum absolute atomic E-state index is 11.4. The van der Waals surface area contributed by atoms with Crippen molar-refractivity contribution < 1.29 is 8.42 Å². The van der Waals surface area contributed by atoms with Gasteiger partial charge in [-0.2, -0.15) is 0 Å². The summed E-state index contributed by atoms with van der Waals surface area (Å²) in [5.41, 5.74) is 2.41. The van der Waals surface area contributed by atoms with E-state index in [1.54, 1.807) is 11.3 Å². The third-order valence-electron chi connectivity index (χ3n) is 3.56. The first-order chi connectivity index (χ1) is 11.4. The van der Waals surface area contributed by atoms with Crippen LogP contribution >= 0.6 is 22.7 Å². The van der Waals surface area contributed by atoms with E-state index in [2.05, 4.69) is 40.8 Å². The molecule has 1 unspecified atom stereocenters. The van der Waals surface area contributed by atoms with Gasteiger partial charge in [0.25, 0.3) is 0 Å². The fourth-order valence-corrected chi connectivity index (χ4v) is 4.89. The lowest BCUT2D eigenvalue weighted by Gasteiger charge is -2.18. The first kappa shape index (κ1) is 17.1. The number of nitrogens with zero attached hydrogens (tertiary/aromatic N) is 1. The number of rotatable bonds is 6. The molecular weight excluding hydrogens is 362 g/mol. The molecule has 3 N–H and O–H groups in total. The minimum Gasteiger partial charge on any atom is -0.354 e. The summed E-state index contributed by atoms with van der Waals surface area (Å²) >= 11 is 2.73. The summed E-state index contributed by atoms with van der Waals surface area (Å²) in [6.07, 6.45) is 2.08. The van der Waals surface area contributed by atoms with Crippen molar-refractivity contribution >= 4 is 37.8 Å². The Hall–Kier alpha value is -1.74. The van der Waals surface area contributed by atoms with Crippen molar-refractivity contribution in [2.24, 2.45) is 5.14 Å². The molecule has 24 heavy (non-hydrogen) atoms. The van der Waals surface area contributed by atoms with E-state index >= 15 is 0 Å². The van der Waals surface area contributed by atoms with E-state index in [9.17, 15) is 8.42 Å². The van der Waals surface area contributed by atoms with Crippen molar-refractivity contribution in [3.05, 3.63) is 64.0 Å². The van der Waals surface area contributed by atoms with Crippen LogP contribution < -0.4 is 10.5 Å². The number of anilines is 1. The van der Waals surface area contributed by atoms with E-state index in [-0.39, 0.29) is 10.3 Å². The molecule has 0 aliphatic heterocycles. The quantitative estimate of drug-likeness (QED) is 0.686. The SMILES string of the molecule is Cc1ccsc1C(Cc1ccccc1)Nc1ncc(S(N)(=O)=O)s1. The lowest BCUT2D eigenvalue weighted by atomic mass is 10.0. The van der Waals surface area contributed by atoms with Gasteiger partial charge < -0.3 is 5.32 Å². The Bertz CT molecular complexity index is 917. The highest BCUT2D eigenvalue weighted by Gasteiger charge is 2.19. The predicted molar refractivity (Wildman–Crippen MR) is 99.1 cm³/mol. The highest BCUT2D eigenvalue weighted by atomic mass is 32.2. The Morgan fingerprint density at radius 3 is 2.58 bits per heavy atom. The summed E-state index contributed by atoms with van der Waals surface area (Å²) in [6.45, 7) is 2.07. The molecule has 0 saturated carbocycles. The van der Waals surface area contributed by atoms with Gasteiger partial charge in [0.15, 0.2) is 9.34 Å². The molecule has 0 aliphatic carbocycles. The lowest BCUT2D eigenvalue weighted by molar-refractivity contribution is 0.599. The van der Waals surface area contributed by atoms with Gasteiger partial charge in [-0.15, -0.1) is 11.3 Å². The van der Waals surface area contributed by atoms with Crippen LogP contribution in [0.4, 0.5) is 5.13 Å². The standard InChI is InChI=1S/C16H17N3O2S3/c1-11-7-8-22-15(11)13(9-12-5-3-2-4-6-12)19-16-18-10-14(23-16)24(17,20)21/h2-8,10,13H,9H2,1H3,(H,18,19)(H2,17,20,21). The van der Waals surface area contributed by atoms with Crippen molar-refractivity contribution in [2.75, 3.05) is 5.32 Å². The fourth-order valence-electron chi connectivity index (χ4n) is 2.41. The molecule has 2 aromatic heterocycles. The highest BCUT2D eigenvalue weighted by molar-refractivity contribution is 7.91. The Balaban J connectivity index is 1.88. The van der Waals surface area contributed by atoms with E-state index < -0.39 is 10.0 Å². The van der Waals surface area contributed by atoms with Gasteiger partial charge in [-0.1, -0.05) is 41.7 Å². The number of benzene rings is 1. The molecule has 1 aromatic carbocycles. The monoisotopic (exact) mass is 379 g/mol. The summed E-state index contributed by atoms with van der Waals surface area (Å²) in [7, 11) is -3.72. The molecule has 2 heterocycles. The van der Waals surface area contributed by atoms with Crippen molar-refractivity contribution in [3.8, 4) is 0 Å². The van der Waals surface area contributed by atoms with Gasteiger partial charge in [-0.05, 0) is 35.9 Å². The van der Waals surface area contributed by atoms with E-state index in [1.165, 1.54) is 22.2 Å². The molecule has 0 spiro atoms. The van der Waals surface area contributed by atoms with Crippen molar-refractivity contribution in [3.63, 3.8) is 0 Å². The highest BCUT2D eigenvalue weighted by Crippen LogP contribution is 2.32. The topological polar surface area (TPSA) is 85.1 Å². The van der Waals surface area contributed by atoms with Crippen LogP contribution in [0.1, 0.15) is 22.0 Å². The average molecular weight is 380 g/mol. The Morgan fingerprint density at radius 1 is 1.25 bits per heavy atom. The Kier molecular flexibility index (Phi) is 5.00. The number of thiophene rings is 1. The molecule has 0 fully saturated rings. The minimum atomic E-state index is -3.72. The molecule has 5 nitrogen and oxygen atoms in total. The molecule has 126 valence electrons. The normalized spacial score (nSPS) is 12.9. The molecule has 0 radical (unpaired) electrons. The number of sulfonamides is 1. The third kappa shape index (κ3) is 4.02. The van der Waals surface area contributed by atoms with Crippen LogP contribution in [0, 0.1) is 6.92 Å². The van der Waals surface area contributed by atoms with Gasteiger partial charge in [0.1, 0.15) is 0 Å². The summed E-state index contributed by atoms with van der Waals surface area (Å²) in [5.74, 6) is 0. The van der Waals surface area contributed by atoms with Crippen molar-refractivity contribution in [2.45, 2.75) is 23.6 Å². The Morgan fingerprint density at radius 2 is 2.00 bits per heavy atom. The number of hydrogen-bond acceptors (Lipinski definition) is 6. The predicted octanol–water partition coefficient (Wildman–Crippen LogP) is 3.56. The third-order valence-corrected chi connectivity index (χ3v) is 7.03. The lowest BCUT2D eigenvalue weighted by Crippen LogP contribution is -2.13. The van der Waals surface area contributed by atoms with Crippen LogP contribution in [-0.2, 0) is 16.4 Å². The van der Waals surface area contributed by atoms with Gasteiger partial charge in [0, 0.05) is 4.88 Å². The van der Waals surface area contributed by atoms with Gasteiger partial charge in [-0.25, -0.2) is 18.5 Å². The molecule has 1 atom stereocenters. The van der Waals surface area contributed by atoms with Gasteiger partial charge in [-0.3, -0.25) is 0 Å². The molecule has 8 heteroatoms. The number of nitrogens with two attached hydrogens (primary N) is 1. The number of primary sulfonamides is 1. The minimum absolute atomic E-state index is 0.0203. The van der Waals surface area contributed by atoms with Crippen LogP contribution in [0.15, 0.2) is 52.2 Å². The largest absolute Gasteiger partial charge is 0.354 e. The molecule has 0 amide bonds. The number of nitrogens with one attached hydrogen (secondary N) is 1. The number of aromatic nitrogens is 1. The van der Waals surface area contributed by atoms with E-state index in [1.807, 2.05) is 18.2 Å². The number of thiazole rings is 1. The van der Waals surface area contributed by atoms with Gasteiger partial charge in [0.05, 0.1) is 12.2 Å². The number of hydrogen-bond donors (Lipinski definition) is 2. The van der Waals surface area contributed by atoms with Crippen molar-refractivity contribution in [1.82, 2.24) is 4.98 Å². The maximum Gasteiger partial charge on any atom is 0.249 e. The van der Waals surface area contributed by atoms with Crippen LogP contribution in [0.25, 0.3) is 0 Å². The zero-order valence-corrected chi connectivity index (χ0v) is 15.4. The fraction of sp³-hybridized carbons (Fsp3) is 0.188. The van der Waals surface area contributed by atoms with E-state index in [4.69, 9.17) is 5.14 Å². The summed E-state index contributed by atoms with van der Waals surface area (Å²) in [4.78, 5) is 5.37. The van der Waals surface area contributed by atoms with Gasteiger partial charge in [0.2, 0.25) is 10.0 Å². The van der Waals surface area contributed by atoms with Crippen LogP contribution in [0.2, 0.25) is 0 Å².